The summed E-state index contributed by atoms with van der Waals surface area (Å²) >= 11 is 0. The molecule has 0 radical (unpaired) electrons. The summed E-state index contributed by atoms with van der Waals surface area (Å²) in [5.41, 5.74) is 3.81. The maximum absolute atomic E-state index is 14.3. The maximum atomic E-state index is 14.3. The van der Waals surface area contributed by atoms with Gasteiger partial charge in [-0.05, 0) is 31.9 Å². The predicted molar refractivity (Wildman–Crippen MR) is 74.2 cm³/mol. The molecule has 4 aliphatic carbocycles. The van der Waals surface area contributed by atoms with E-state index in [0.29, 0.717) is 29.3 Å². The molecule has 1 saturated carbocycles. The van der Waals surface area contributed by atoms with Gasteiger partial charge in [0.05, 0.1) is 11.3 Å². The van der Waals surface area contributed by atoms with E-state index in [4.69, 9.17) is 0 Å². The van der Waals surface area contributed by atoms with Gasteiger partial charge in [-0.1, -0.05) is 6.08 Å². The number of dihydropyridines is 1. The van der Waals surface area contributed by atoms with Crippen molar-refractivity contribution in [3.8, 4) is 0 Å². The zero-order valence-electron chi connectivity index (χ0n) is 11.4. The number of allylic oxidation sites excluding steroid dienone is 6. The molecule has 104 valence electrons. The van der Waals surface area contributed by atoms with E-state index in [-0.39, 0.29) is 11.7 Å². The van der Waals surface area contributed by atoms with Gasteiger partial charge in [-0.3, -0.25) is 4.79 Å². The molecule has 1 aliphatic heterocycles. The Bertz CT molecular complexity index is 620. The van der Waals surface area contributed by atoms with E-state index in [2.05, 4.69) is 10.6 Å². The number of Topliss-reactive ketones (excluding diaryl/α,β-unsaturated/α-hetero) is 1. The smallest absolute Gasteiger partial charge is 0.169 e. The summed E-state index contributed by atoms with van der Waals surface area (Å²) in [4.78, 5) is 12.5. The summed E-state index contributed by atoms with van der Waals surface area (Å²) in [6.45, 7) is 2.65. The largest absolute Gasteiger partial charge is 0.384 e. The summed E-state index contributed by atoms with van der Waals surface area (Å²) in [6.07, 6.45) is 5.89. The Hall–Kier alpha value is -1.84. The third-order valence-electron chi connectivity index (χ3n) is 4.68. The molecule has 1 heterocycles. The third kappa shape index (κ3) is 1.42. The van der Waals surface area contributed by atoms with Crippen LogP contribution in [0.5, 0.6) is 0 Å². The number of fused-ring (bicyclic) bond motifs is 1. The number of likely N-dealkylation sites (N-methyl/N-ethyl adjacent to an activating group) is 1. The summed E-state index contributed by atoms with van der Waals surface area (Å²) in [6, 6.07) is 0. The fraction of sp³-hybridized carbons (Fsp3) is 0.438. The van der Waals surface area contributed by atoms with Crippen LogP contribution in [0.1, 0.15) is 19.8 Å². The Balaban J connectivity index is 1.91. The van der Waals surface area contributed by atoms with Gasteiger partial charge in [0.25, 0.3) is 0 Å². The molecule has 4 heteroatoms. The quantitative estimate of drug-likeness (QED) is 0.809. The second-order valence-corrected chi connectivity index (χ2v) is 5.83. The first kappa shape index (κ1) is 11.9. The number of nitrogens with one attached hydrogen (secondary N) is 2. The lowest BCUT2D eigenvalue weighted by Crippen LogP contribution is -2.48. The van der Waals surface area contributed by atoms with Gasteiger partial charge in [0.1, 0.15) is 6.17 Å². The zero-order chi connectivity index (χ0) is 13.9. The van der Waals surface area contributed by atoms with Crippen LogP contribution in [-0.4, -0.2) is 18.5 Å². The van der Waals surface area contributed by atoms with Gasteiger partial charge < -0.3 is 10.6 Å². The lowest BCUT2D eigenvalue weighted by atomic mass is 9.62. The van der Waals surface area contributed by atoms with Gasteiger partial charge in [-0.15, -0.1) is 0 Å². The van der Waals surface area contributed by atoms with Crippen molar-refractivity contribution in [3.05, 3.63) is 46.5 Å². The Morgan fingerprint density at radius 1 is 1.40 bits per heavy atom. The van der Waals surface area contributed by atoms with Crippen LogP contribution in [0.25, 0.3) is 0 Å². The minimum atomic E-state index is -1.16. The number of carbonyl (C=O) groups excluding carboxylic acids is 1. The normalized spacial score (nSPS) is 34.0. The Morgan fingerprint density at radius 3 is 2.95 bits per heavy atom. The molecule has 0 saturated heterocycles. The van der Waals surface area contributed by atoms with Crippen LogP contribution in [-0.2, 0) is 4.79 Å². The van der Waals surface area contributed by atoms with E-state index in [1.54, 1.807) is 6.08 Å². The summed E-state index contributed by atoms with van der Waals surface area (Å²) in [5, 5.41) is 6.56. The number of hydrogen-bond acceptors (Lipinski definition) is 3. The van der Waals surface area contributed by atoms with Crippen LogP contribution < -0.4 is 10.6 Å². The monoisotopic (exact) mass is 272 g/mol. The SMILES string of the molecule is CCNC1=C2C(=CC=CC2F)NC2=C1C(=O)C1CC2C1. The molecule has 20 heavy (non-hydrogen) atoms. The second-order valence-electron chi connectivity index (χ2n) is 5.83. The molecule has 0 aromatic carbocycles. The molecule has 5 aliphatic rings. The number of alkyl halides is 1. The molecule has 1 unspecified atom stereocenters. The highest BCUT2D eigenvalue weighted by Crippen LogP contribution is 2.50. The van der Waals surface area contributed by atoms with E-state index in [1.165, 1.54) is 6.08 Å². The average Bonchev–Trinajstić information content (AvgIpc) is 2.36. The lowest BCUT2D eigenvalue weighted by molar-refractivity contribution is -0.124. The molecule has 1 fully saturated rings. The van der Waals surface area contributed by atoms with Crippen molar-refractivity contribution in [2.24, 2.45) is 11.8 Å². The minimum absolute atomic E-state index is 0.150. The minimum Gasteiger partial charge on any atom is -0.384 e. The molecule has 0 amide bonds. The van der Waals surface area contributed by atoms with Crippen LogP contribution in [0.2, 0.25) is 0 Å². The zero-order valence-corrected chi connectivity index (χ0v) is 11.4. The van der Waals surface area contributed by atoms with Crippen LogP contribution in [0.4, 0.5) is 4.39 Å². The van der Waals surface area contributed by atoms with Crippen LogP contribution in [0, 0.1) is 11.8 Å². The standard InChI is InChI=1S/C16H17FN2O/c1-2-18-15-12-10(17)4-3-5-11(12)19-14-8-6-9(7-8)16(20)13(14)15/h3-5,8-10,18-19H,2,6-7H2,1H3. The molecule has 0 aromatic heterocycles. The van der Waals surface area contributed by atoms with Crippen molar-refractivity contribution in [2.45, 2.75) is 25.9 Å². The first-order valence-corrected chi connectivity index (χ1v) is 7.27. The van der Waals surface area contributed by atoms with Crippen molar-refractivity contribution in [1.82, 2.24) is 10.6 Å². The third-order valence-corrected chi connectivity index (χ3v) is 4.68. The van der Waals surface area contributed by atoms with E-state index in [1.807, 2.05) is 13.0 Å². The first-order valence-electron chi connectivity index (χ1n) is 7.27. The van der Waals surface area contributed by atoms with E-state index in [9.17, 15) is 9.18 Å². The Morgan fingerprint density at radius 2 is 2.20 bits per heavy atom. The van der Waals surface area contributed by atoms with Crippen LogP contribution in [0.15, 0.2) is 46.5 Å². The summed E-state index contributed by atoms with van der Waals surface area (Å²) in [7, 11) is 0. The van der Waals surface area contributed by atoms with Gasteiger partial charge in [0, 0.05) is 35.3 Å². The molecule has 2 N–H and O–H groups in total. The van der Waals surface area contributed by atoms with E-state index < -0.39 is 6.17 Å². The van der Waals surface area contributed by atoms with E-state index >= 15 is 0 Å². The molecular weight excluding hydrogens is 255 g/mol. The molecule has 3 nitrogen and oxygen atoms in total. The number of ketones is 1. The number of hydrogen-bond donors (Lipinski definition) is 2. The van der Waals surface area contributed by atoms with Gasteiger partial charge in [0.15, 0.2) is 5.78 Å². The topological polar surface area (TPSA) is 41.1 Å². The fourth-order valence-corrected chi connectivity index (χ4v) is 3.64. The molecule has 2 bridgehead atoms. The first-order chi connectivity index (χ1) is 9.70. The molecule has 5 rings (SSSR count). The highest BCUT2D eigenvalue weighted by molar-refractivity contribution is 6.05. The Kier molecular flexibility index (Phi) is 2.43. The van der Waals surface area contributed by atoms with Crippen LogP contribution in [0.3, 0.4) is 0 Å². The van der Waals surface area contributed by atoms with E-state index in [0.717, 1.165) is 24.2 Å². The molecule has 1 atom stereocenters. The average molecular weight is 272 g/mol. The maximum Gasteiger partial charge on any atom is 0.169 e. The highest BCUT2D eigenvalue weighted by atomic mass is 19.1. The number of carbonyl (C=O) groups is 1. The van der Waals surface area contributed by atoms with Gasteiger partial charge in [-0.2, -0.15) is 0 Å². The van der Waals surface area contributed by atoms with Crippen molar-refractivity contribution < 1.29 is 9.18 Å². The highest BCUT2D eigenvalue weighted by Gasteiger charge is 2.48. The van der Waals surface area contributed by atoms with Gasteiger partial charge >= 0.3 is 0 Å². The van der Waals surface area contributed by atoms with Crippen molar-refractivity contribution in [1.29, 1.82) is 0 Å². The molecule has 0 spiro atoms. The summed E-state index contributed by atoms with van der Waals surface area (Å²) in [5.74, 6) is 0.768. The van der Waals surface area contributed by atoms with Gasteiger partial charge in [0.2, 0.25) is 0 Å². The molecular formula is C16H17FN2O. The lowest BCUT2D eigenvalue weighted by Gasteiger charge is -2.46. The summed E-state index contributed by atoms with van der Waals surface area (Å²) < 4.78 is 14.3. The van der Waals surface area contributed by atoms with Crippen LogP contribution >= 0.6 is 0 Å². The second kappa shape index (κ2) is 4.08. The van der Waals surface area contributed by atoms with Crippen molar-refractivity contribution >= 4 is 5.78 Å². The predicted octanol–water partition coefficient (Wildman–Crippen LogP) is 2.11. The fourth-order valence-electron chi connectivity index (χ4n) is 3.64. The van der Waals surface area contributed by atoms with Crippen molar-refractivity contribution in [3.63, 3.8) is 0 Å². The van der Waals surface area contributed by atoms with Gasteiger partial charge in [-0.25, -0.2) is 4.39 Å². The Labute approximate surface area is 117 Å². The number of halogens is 1. The molecule has 0 aromatic rings. The number of rotatable bonds is 2. The van der Waals surface area contributed by atoms with Crippen molar-refractivity contribution in [2.75, 3.05) is 6.54 Å².